The van der Waals surface area contributed by atoms with Crippen molar-refractivity contribution in [3.05, 3.63) is 24.3 Å². The molecule has 0 saturated carbocycles. The number of hydrogen-bond donors (Lipinski definition) is 1. The lowest BCUT2D eigenvalue weighted by atomic mass is 10.2. The predicted molar refractivity (Wildman–Crippen MR) is 68.8 cm³/mol. The standard InChI is InChI=1S/C13H19N3/c1-3-4-7-10-16-12-9-6-5-8-11(12)15-13(16)14-2/h5-6,8-9H,3-4,7,10H2,1-2H3,(H,14,15). The van der Waals surface area contributed by atoms with Crippen molar-refractivity contribution in [2.75, 3.05) is 12.4 Å². The fourth-order valence-electron chi connectivity index (χ4n) is 2.01. The number of fused-ring (bicyclic) bond motifs is 1. The minimum atomic E-state index is 0.970. The van der Waals surface area contributed by atoms with Crippen molar-refractivity contribution < 1.29 is 0 Å². The largest absolute Gasteiger partial charge is 0.359 e. The summed E-state index contributed by atoms with van der Waals surface area (Å²) >= 11 is 0. The Morgan fingerprint density at radius 2 is 2.06 bits per heavy atom. The molecule has 0 unspecified atom stereocenters. The first-order chi connectivity index (χ1) is 7.86. The monoisotopic (exact) mass is 217 g/mol. The number of unbranched alkanes of at least 4 members (excludes halogenated alkanes) is 2. The molecule has 16 heavy (non-hydrogen) atoms. The molecule has 1 aromatic carbocycles. The number of para-hydroxylation sites is 2. The van der Waals surface area contributed by atoms with Crippen LogP contribution < -0.4 is 5.32 Å². The SMILES string of the molecule is CCCCCn1c(NC)nc2ccccc21. The first-order valence-corrected chi connectivity index (χ1v) is 6.00. The summed E-state index contributed by atoms with van der Waals surface area (Å²) in [7, 11) is 1.93. The predicted octanol–water partition coefficient (Wildman–Crippen LogP) is 3.27. The maximum atomic E-state index is 4.56. The summed E-state index contributed by atoms with van der Waals surface area (Å²) in [5.74, 6) is 0.970. The van der Waals surface area contributed by atoms with Crippen molar-refractivity contribution in [3.63, 3.8) is 0 Å². The average molecular weight is 217 g/mol. The second-order valence-electron chi connectivity index (χ2n) is 4.03. The van der Waals surface area contributed by atoms with Crippen molar-refractivity contribution in [2.24, 2.45) is 0 Å². The Kier molecular flexibility index (Phi) is 3.44. The van der Waals surface area contributed by atoms with E-state index in [1.54, 1.807) is 0 Å². The fourth-order valence-corrected chi connectivity index (χ4v) is 2.01. The average Bonchev–Trinajstić information content (AvgIpc) is 2.68. The van der Waals surface area contributed by atoms with Gasteiger partial charge in [0.15, 0.2) is 0 Å². The first-order valence-electron chi connectivity index (χ1n) is 6.00. The van der Waals surface area contributed by atoms with Crippen molar-refractivity contribution in [1.82, 2.24) is 9.55 Å². The van der Waals surface area contributed by atoms with Crippen LogP contribution in [0.15, 0.2) is 24.3 Å². The van der Waals surface area contributed by atoms with E-state index < -0.39 is 0 Å². The molecule has 1 aromatic heterocycles. The zero-order valence-electron chi connectivity index (χ0n) is 10.0. The quantitative estimate of drug-likeness (QED) is 0.779. The van der Waals surface area contributed by atoms with Crippen LogP contribution in [0.1, 0.15) is 26.2 Å². The van der Waals surface area contributed by atoms with Crippen LogP contribution in [0.3, 0.4) is 0 Å². The molecule has 0 amide bonds. The van der Waals surface area contributed by atoms with Crippen LogP contribution in [0.4, 0.5) is 5.95 Å². The zero-order chi connectivity index (χ0) is 11.4. The molecular weight excluding hydrogens is 198 g/mol. The Balaban J connectivity index is 2.32. The number of hydrogen-bond acceptors (Lipinski definition) is 2. The third-order valence-electron chi connectivity index (χ3n) is 2.86. The van der Waals surface area contributed by atoms with Gasteiger partial charge in [0, 0.05) is 13.6 Å². The number of aromatic nitrogens is 2. The van der Waals surface area contributed by atoms with Gasteiger partial charge >= 0.3 is 0 Å². The molecule has 0 fully saturated rings. The van der Waals surface area contributed by atoms with E-state index in [1.165, 1.54) is 24.8 Å². The van der Waals surface area contributed by atoms with Crippen LogP contribution in [-0.2, 0) is 6.54 Å². The summed E-state index contributed by atoms with van der Waals surface area (Å²) in [5, 5.41) is 3.16. The van der Waals surface area contributed by atoms with Gasteiger partial charge in [0.05, 0.1) is 11.0 Å². The van der Waals surface area contributed by atoms with Gasteiger partial charge in [0.2, 0.25) is 5.95 Å². The molecule has 0 radical (unpaired) electrons. The highest BCUT2D eigenvalue weighted by Crippen LogP contribution is 2.19. The second kappa shape index (κ2) is 5.01. The third kappa shape index (κ3) is 2.03. The molecular formula is C13H19N3. The molecule has 0 saturated heterocycles. The van der Waals surface area contributed by atoms with E-state index in [4.69, 9.17) is 0 Å². The number of nitrogens with one attached hydrogen (secondary N) is 1. The van der Waals surface area contributed by atoms with Crippen LogP contribution in [-0.4, -0.2) is 16.6 Å². The lowest BCUT2D eigenvalue weighted by molar-refractivity contribution is 0.617. The van der Waals surface area contributed by atoms with E-state index >= 15 is 0 Å². The summed E-state index contributed by atoms with van der Waals surface area (Å²) in [6, 6.07) is 8.30. The number of benzene rings is 1. The number of anilines is 1. The van der Waals surface area contributed by atoms with Gasteiger partial charge in [0.1, 0.15) is 0 Å². The maximum absolute atomic E-state index is 4.56. The Hall–Kier alpha value is -1.51. The van der Waals surface area contributed by atoms with E-state index in [-0.39, 0.29) is 0 Å². The summed E-state index contributed by atoms with van der Waals surface area (Å²) in [5.41, 5.74) is 2.30. The molecule has 0 spiro atoms. The number of rotatable bonds is 5. The molecule has 86 valence electrons. The van der Waals surface area contributed by atoms with Crippen molar-refractivity contribution >= 4 is 17.0 Å². The molecule has 2 rings (SSSR count). The summed E-state index contributed by atoms with van der Waals surface area (Å²) in [6.45, 7) is 3.27. The lowest BCUT2D eigenvalue weighted by Gasteiger charge is -2.07. The maximum Gasteiger partial charge on any atom is 0.203 e. The molecule has 0 aliphatic rings. The Bertz CT molecular complexity index is 459. The molecule has 3 heteroatoms. The highest BCUT2D eigenvalue weighted by Gasteiger charge is 2.07. The Morgan fingerprint density at radius 1 is 1.25 bits per heavy atom. The molecule has 1 heterocycles. The molecule has 0 atom stereocenters. The fraction of sp³-hybridized carbons (Fsp3) is 0.462. The Labute approximate surface area is 96.5 Å². The zero-order valence-corrected chi connectivity index (χ0v) is 10.0. The summed E-state index contributed by atoms with van der Waals surface area (Å²) in [4.78, 5) is 4.56. The van der Waals surface area contributed by atoms with E-state index in [9.17, 15) is 0 Å². The van der Waals surface area contributed by atoms with E-state index in [2.05, 4.69) is 40.0 Å². The molecule has 0 bridgehead atoms. The van der Waals surface area contributed by atoms with Crippen LogP contribution in [0, 0.1) is 0 Å². The molecule has 2 aromatic rings. The number of imidazole rings is 1. The molecule has 0 aliphatic heterocycles. The highest BCUT2D eigenvalue weighted by atomic mass is 15.2. The van der Waals surface area contributed by atoms with Crippen LogP contribution in [0.5, 0.6) is 0 Å². The van der Waals surface area contributed by atoms with E-state index in [1.807, 2.05) is 13.1 Å². The van der Waals surface area contributed by atoms with Gasteiger partial charge in [-0.3, -0.25) is 0 Å². The van der Waals surface area contributed by atoms with Gasteiger partial charge in [-0.1, -0.05) is 31.9 Å². The van der Waals surface area contributed by atoms with Crippen molar-refractivity contribution in [2.45, 2.75) is 32.7 Å². The normalized spacial score (nSPS) is 10.9. The van der Waals surface area contributed by atoms with Gasteiger partial charge in [-0.15, -0.1) is 0 Å². The smallest absolute Gasteiger partial charge is 0.203 e. The lowest BCUT2D eigenvalue weighted by Crippen LogP contribution is -2.03. The van der Waals surface area contributed by atoms with Gasteiger partial charge < -0.3 is 9.88 Å². The van der Waals surface area contributed by atoms with Crippen LogP contribution >= 0.6 is 0 Å². The van der Waals surface area contributed by atoms with Crippen molar-refractivity contribution in [3.8, 4) is 0 Å². The molecule has 3 nitrogen and oxygen atoms in total. The molecule has 1 N–H and O–H groups in total. The van der Waals surface area contributed by atoms with Crippen LogP contribution in [0.25, 0.3) is 11.0 Å². The highest BCUT2D eigenvalue weighted by molar-refractivity contribution is 5.78. The summed E-state index contributed by atoms with van der Waals surface area (Å²) in [6.07, 6.45) is 3.74. The minimum Gasteiger partial charge on any atom is -0.359 e. The first kappa shape index (κ1) is 11.0. The number of aryl methyl sites for hydroxylation is 1. The van der Waals surface area contributed by atoms with Crippen molar-refractivity contribution in [1.29, 1.82) is 0 Å². The topological polar surface area (TPSA) is 29.9 Å². The molecule has 0 aliphatic carbocycles. The van der Waals surface area contributed by atoms with Gasteiger partial charge in [0.25, 0.3) is 0 Å². The third-order valence-corrected chi connectivity index (χ3v) is 2.86. The minimum absolute atomic E-state index is 0.970. The summed E-state index contributed by atoms with van der Waals surface area (Å²) < 4.78 is 2.27. The van der Waals surface area contributed by atoms with Gasteiger partial charge in [-0.2, -0.15) is 0 Å². The number of nitrogens with zero attached hydrogens (tertiary/aromatic N) is 2. The van der Waals surface area contributed by atoms with Crippen LogP contribution in [0.2, 0.25) is 0 Å². The van der Waals surface area contributed by atoms with E-state index in [0.29, 0.717) is 0 Å². The second-order valence-corrected chi connectivity index (χ2v) is 4.03. The van der Waals surface area contributed by atoms with Gasteiger partial charge in [-0.25, -0.2) is 4.98 Å². The Morgan fingerprint density at radius 3 is 2.81 bits per heavy atom. The van der Waals surface area contributed by atoms with E-state index in [0.717, 1.165) is 18.0 Å². The van der Waals surface area contributed by atoms with Gasteiger partial charge in [-0.05, 0) is 18.6 Å².